The van der Waals surface area contributed by atoms with Gasteiger partial charge in [-0.3, -0.25) is 0 Å². The maximum absolute atomic E-state index is 11.2. The minimum atomic E-state index is -2.83. The second kappa shape index (κ2) is 5.67. The highest BCUT2D eigenvalue weighted by Gasteiger charge is 2.26. The van der Waals surface area contributed by atoms with E-state index in [0.29, 0.717) is 18.3 Å². The molecule has 0 spiro atoms. The molecule has 0 bridgehead atoms. The molecular formula is C12H24N2O2S. The maximum Gasteiger partial charge on any atom is 0.148 e. The molecule has 17 heavy (non-hydrogen) atoms. The maximum atomic E-state index is 11.2. The highest BCUT2D eigenvalue weighted by Crippen LogP contribution is 2.29. The van der Waals surface area contributed by atoms with Crippen molar-refractivity contribution in [2.45, 2.75) is 31.7 Å². The fourth-order valence-electron chi connectivity index (χ4n) is 2.44. The Balaban J connectivity index is 1.78. The lowest BCUT2D eigenvalue weighted by molar-refractivity contribution is 0.252. The Morgan fingerprint density at radius 3 is 2.53 bits per heavy atom. The zero-order valence-electron chi connectivity index (χ0n) is 10.7. The molecule has 5 heteroatoms. The van der Waals surface area contributed by atoms with E-state index >= 15 is 0 Å². The Morgan fingerprint density at radius 1 is 1.24 bits per heavy atom. The smallest absolute Gasteiger partial charge is 0.148 e. The lowest BCUT2D eigenvalue weighted by Crippen LogP contribution is -2.40. The van der Waals surface area contributed by atoms with Gasteiger partial charge in [0.05, 0.1) is 5.75 Å². The van der Waals surface area contributed by atoms with E-state index in [4.69, 9.17) is 0 Å². The topological polar surface area (TPSA) is 49.4 Å². The summed E-state index contributed by atoms with van der Waals surface area (Å²) in [6.07, 6.45) is 6.48. The molecular weight excluding hydrogens is 236 g/mol. The molecule has 1 aliphatic carbocycles. The van der Waals surface area contributed by atoms with Gasteiger partial charge >= 0.3 is 0 Å². The van der Waals surface area contributed by atoms with Gasteiger partial charge < -0.3 is 10.2 Å². The van der Waals surface area contributed by atoms with Crippen LogP contribution in [0.4, 0.5) is 0 Å². The molecule has 1 heterocycles. The average Bonchev–Trinajstić information content (AvgIpc) is 2.89. The first-order valence-electron chi connectivity index (χ1n) is 6.66. The fraction of sp³-hybridized carbons (Fsp3) is 1.00. The van der Waals surface area contributed by atoms with Crippen LogP contribution in [0, 0.1) is 5.92 Å². The quantitative estimate of drug-likeness (QED) is 0.724. The van der Waals surface area contributed by atoms with Gasteiger partial charge in [-0.2, -0.15) is 0 Å². The third-order valence-electron chi connectivity index (χ3n) is 3.63. The summed E-state index contributed by atoms with van der Waals surface area (Å²) >= 11 is 0. The molecule has 100 valence electrons. The first-order chi connectivity index (χ1) is 8.03. The molecule has 1 saturated carbocycles. The van der Waals surface area contributed by atoms with Gasteiger partial charge in [-0.05, 0) is 38.1 Å². The Morgan fingerprint density at radius 2 is 2.00 bits per heavy atom. The third-order valence-corrected chi connectivity index (χ3v) is 4.56. The second-order valence-corrected chi connectivity index (χ2v) is 7.89. The van der Waals surface area contributed by atoms with Gasteiger partial charge in [-0.15, -0.1) is 0 Å². The molecule has 2 rings (SSSR count). The summed E-state index contributed by atoms with van der Waals surface area (Å²) in [7, 11) is -2.83. The summed E-state index contributed by atoms with van der Waals surface area (Å²) in [5, 5.41) is 3.49. The molecule has 1 unspecified atom stereocenters. The summed E-state index contributed by atoms with van der Waals surface area (Å²) in [5.74, 6) is 1.13. The normalized spacial score (nSPS) is 25.6. The van der Waals surface area contributed by atoms with Crippen LogP contribution < -0.4 is 5.32 Å². The Hall–Kier alpha value is -0.130. The Kier molecular flexibility index (Phi) is 4.44. The first-order valence-corrected chi connectivity index (χ1v) is 8.72. The monoisotopic (exact) mass is 260 g/mol. The van der Waals surface area contributed by atoms with E-state index in [1.807, 2.05) is 0 Å². The van der Waals surface area contributed by atoms with Crippen LogP contribution in [-0.4, -0.2) is 57.5 Å². The van der Waals surface area contributed by atoms with Gasteiger partial charge in [0, 0.05) is 31.9 Å². The van der Waals surface area contributed by atoms with Crippen LogP contribution in [0.15, 0.2) is 0 Å². The van der Waals surface area contributed by atoms with Gasteiger partial charge in [0.15, 0.2) is 0 Å². The van der Waals surface area contributed by atoms with E-state index in [1.165, 1.54) is 31.9 Å². The van der Waals surface area contributed by atoms with Crippen molar-refractivity contribution in [3.05, 3.63) is 0 Å². The van der Waals surface area contributed by atoms with Crippen LogP contribution in [0.1, 0.15) is 25.7 Å². The third kappa shape index (κ3) is 5.36. The average molecular weight is 260 g/mol. The molecule has 2 aliphatic rings. The van der Waals surface area contributed by atoms with Crippen molar-refractivity contribution in [3.8, 4) is 0 Å². The van der Waals surface area contributed by atoms with E-state index in [1.54, 1.807) is 0 Å². The van der Waals surface area contributed by atoms with Gasteiger partial charge in [-0.25, -0.2) is 8.42 Å². The number of hydrogen-bond acceptors (Lipinski definition) is 4. The highest BCUT2D eigenvalue weighted by atomic mass is 32.2. The summed E-state index contributed by atoms with van der Waals surface area (Å²) in [4.78, 5) is 2.35. The number of hydrogen-bond donors (Lipinski definition) is 1. The zero-order chi connectivity index (χ0) is 12.3. The predicted octanol–water partition coefficient (Wildman–Crippen LogP) is 0.495. The summed E-state index contributed by atoms with van der Waals surface area (Å²) in [6.45, 7) is 3.93. The fourth-order valence-corrected chi connectivity index (χ4v) is 3.03. The van der Waals surface area contributed by atoms with Crippen molar-refractivity contribution < 1.29 is 8.42 Å². The van der Waals surface area contributed by atoms with Crippen molar-refractivity contribution in [2.75, 3.05) is 38.2 Å². The largest absolute Gasteiger partial charge is 0.313 e. The SMILES string of the molecule is CS(=O)(=O)CCN(CC1CC1)CC1CCCN1. The van der Waals surface area contributed by atoms with Crippen molar-refractivity contribution in [3.63, 3.8) is 0 Å². The van der Waals surface area contributed by atoms with E-state index in [2.05, 4.69) is 10.2 Å². The number of sulfone groups is 1. The van der Waals surface area contributed by atoms with Crippen molar-refractivity contribution in [1.82, 2.24) is 10.2 Å². The molecule has 4 nitrogen and oxygen atoms in total. The van der Waals surface area contributed by atoms with Crippen molar-refractivity contribution in [2.24, 2.45) is 5.92 Å². The van der Waals surface area contributed by atoms with E-state index < -0.39 is 9.84 Å². The van der Waals surface area contributed by atoms with Crippen molar-refractivity contribution in [1.29, 1.82) is 0 Å². The lowest BCUT2D eigenvalue weighted by Gasteiger charge is -2.25. The summed E-state index contributed by atoms with van der Waals surface area (Å²) < 4.78 is 22.5. The van der Waals surface area contributed by atoms with Crippen LogP contribution in [0.2, 0.25) is 0 Å². The van der Waals surface area contributed by atoms with E-state index in [0.717, 1.165) is 25.6 Å². The highest BCUT2D eigenvalue weighted by molar-refractivity contribution is 7.90. The zero-order valence-corrected chi connectivity index (χ0v) is 11.5. The molecule has 0 aromatic rings. The van der Waals surface area contributed by atoms with Crippen molar-refractivity contribution >= 4 is 9.84 Å². The minimum Gasteiger partial charge on any atom is -0.313 e. The van der Waals surface area contributed by atoms with E-state index in [-0.39, 0.29) is 0 Å². The van der Waals surface area contributed by atoms with Gasteiger partial charge in [-0.1, -0.05) is 0 Å². The first kappa shape index (κ1) is 13.3. The molecule has 0 amide bonds. The standard InChI is InChI=1S/C12H24N2O2S/c1-17(15,16)8-7-14(9-11-4-5-11)10-12-3-2-6-13-12/h11-13H,2-10H2,1H3. The Labute approximate surface area is 105 Å². The summed E-state index contributed by atoms with van der Waals surface area (Å²) in [5.41, 5.74) is 0. The molecule has 2 fully saturated rings. The molecule has 0 aromatic heterocycles. The lowest BCUT2D eigenvalue weighted by atomic mass is 10.2. The van der Waals surface area contributed by atoms with Crippen LogP contribution in [0.5, 0.6) is 0 Å². The van der Waals surface area contributed by atoms with Crippen LogP contribution in [0.25, 0.3) is 0 Å². The Bertz CT molecular complexity index is 332. The van der Waals surface area contributed by atoms with Crippen LogP contribution >= 0.6 is 0 Å². The molecule has 1 atom stereocenters. The molecule has 1 N–H and O–H groups in total. The molecule has 1 saturated heterocycles. The molecule has 0 aromatic carbocycles. The van der Waals surface area contributed by atoms with Gasteiger partial charge in [0.1, 0.15) is 9.84 Å². The van der Waals surface area contributed by atoms with Gasteiger partial charge in [0.2, 0.25) is 0 Å². The number of nitrogens with zero attached hydrogens (tertiary/aromatic N) is 1. The van der Waals surface area contributed by atoms with E-state index in [9.17, 15) is 8.42 Å². The van der Waals surface area contributed by atoms with Crippen LogP contribution in [0.3, 0.4) is 0 Å². The second-order valence-electron chi connectivity index (χ2n) is 5.63. The predicted molar refractivity (Wildman–Crippen MR) is 69.9 cm³/mol. The molecule has 0 radical (unpaired) electrons. The number of rotatable bonds is 7. The minimum absolute atomic E-state index is 0.298. The molecule has 1 aliphatic heterocycles. The van der Waals surface area contributed by atoms with Crippen LogP contribution in [-0.2, 0) is 9.84 Å². The number of nitrogens with one attached hydrogen (secondary N) is 1. The summed E-state index contributed by atoms with van der Waals surface area (Å²) in [6, 6.07) is 0.577. The van der Waals surface area contributed by atoms with Gasteiger partial charge in [0.25, 0.3) is 0 Å².